The van der Waals surface area contributed by atoms with Crippen LogP contribution in [0.25, 0.3) is 22.2 Å². The Bertz CT molecular complexity index is 1320. The number of benzene rings is 1. The van der Waals surface area contributed by atoms with Gasteiger partial charge in [0.05, 0.1) is 6.10 Å². The van der Waals surface area contributed by atoms with Gasteiger partial charge in [0.25, 0.3) is 11.8 Å². The van der Waals surface area contributed by atoms with E-state index >= 15 is 0 Å². The van der Waals surface area contributed by atoms with Crippen molar-refractivity contribution in [2.75, 3.05) is 0 Å². The fraction of sp³-hybridized carbons (Fsp3) is 0.552. The quantitative estimate of drug-likeness (QED) is 0.301. The number of aromatic nitrogens is 7. The zero-order valence-corrected chi connectivity index (χ0v) is 26.3. The van der Waals surface area contributed by atoms with Crippen LogP contribution in [0.2, 0.25) is 0 Å². The fourth-order valence-electron chi connectivity index (χ4n) is 3.22. The predicted molar refractivity (Wildman–Crippen MR) is 159 cm³/mol. The normalized spacial score (nSPS) is 14.6. The first-order valence-electron chi connectivity index (χ1n) is 14.1. The van der Waals surface area contributed by atoms with E-state index in [1.807, 2.05) is 64.1 Å². The number of hydrogen-bond acceptors (Lipinski definition) is 10. The second-order valence-corrected chi connectivity index (χ2v) is 11.1. The Morgan fingerprint density at radius 3 is 1.83 bits per heavy atom. The van der Waals surface area contributed by atoms with Crippen molar-refractivity contribution in [3.63, 3.8) is 0 Å². The number of amides is 2. The van der Waals surface area contributed by atoms with Crippen molar-refractivity contribution in [1.29, 1.82) is 0 Å². The van der Waals surface area contributed by atoms with Crippen LogP contribution >= 0.6 is 0 Å². The minimum Gasteiger partial charge on any atom is -0.392 e. The van der Waals surface area contributed by atoms with E-state index < -0.39 is 0 Å². The standard InChI is InChI=1S/C9H11N3O.C8H10N4O.C8H13NO3.C4H10/c1-7(2)13-12-9-6-4-3-5-8(9)10-11-12;1-6(2)13-12-8-7(10-11-12)4-3-5-9-8;1-5(2)12-9-7(10)4-6(3)8(9)11;1-4(2)3/h3-7H,1-2H3;3-6H,1-2H3;5-6H,4H2,1-3H3;4H,1-3H3. The van der Waals surface area contributed by atoms with E-state index in [4.69, 9.17) is 14.5 Å². The van der Waals surface area contributed by atoms with E-state index in [1.54, 1.807) is 27.0 Å². The smallest absolute Gasteiger partial charge is 0.256 e. The SMILES string of the molecule is CC(C)C.CC(C)ON1C(=O)CC(C)C1=O.CC(C)On1nnc2ccccc21.CC(C)On1nnc2cccnc21. The molecule has 0 spiro atoms. The van der Waals surface area contributed by atoms with Crippen molar-refractivity contribution < 1.29 is 24.1 Å². The lowest BCUT2D eigenvalue weighted by Crippen LogP contribution is -2.33. The van der Waals surface area contributed by atoms with E-state index in [0.717, 1.165) is 27.5 Å². The Balaban J connectivity index is 0.000000207. The van der Waals surface area contributed by atoms with Crippen LogP contribution in [0.3, 0.4) is 0 Å². The summed E-state index contributed by atoms with van der Waals surface area (Å²) < 4.78 is 0. The van der Waals surface area contributed by atoms with Gasteiger partial charge in [0, 0.05) is 18.5 Å². The Morgan fingerprint density at radius 2 is 1.26 bits per heavy atom. The van der Waals surface area contributed by atoms with Crippen LogP contribution in [0, 0.1) is 11.8 Å². The van der Waals surface area contributed by atoms with Crippen LogP contribution in [0.4, 0.5) is 0 Å². The van der Waals surface area contributed by atoms with E-state index in [0.29, 0.717) is 5.65 Å². The number of pyridine rings is 1. The second-order valence-electron chi connectivity index (χ2n) is 11.1. The number of fused-ring (bicyclic) bond motifs is 2. The summed E-state index contributed by atoms with van der Waals surface area (Å²) in [5.41, 5.74) is 3.14. The number of carbonyl (C=O) groups is 2. The van der Waals surface area contributed by atoms with Gasteiger partial charge in [-0.2, -0.15) is 5.06 Å². The number of rotatable bonds is 6. The number of nitrogens with zero attached hydrogens (tertiary/aromatic N) is 8. The molecule has 42 heavy (non-hydrogen) atoms. The molecule has 13 heteroatoms. The maximum atomic E-state index is 11.2. The van der Waals surface area contributed by atoms with Crippen LogP contribution in [0.15, 0.2) is 42.6 Å². The number of hydroxylamine groups is 2. The average Bonchev–Trinajstić information content (AvgIpc) is 3.57. The summed E-state index contributed by atoms with van der Waals surface area (Å²) >= 11 is 0. The highest BCUT2D eigenvalue weighted by Gasteiger charge is 2.37. The van der Waals surface area contributed by atoms with Gasteiger partial charge < -0.3 is 9.68 Å². The third kappa shape index (κ3) is 10.7. The molecule has 0 N–H and O–H groups in total. The van der Waals surface area contributed by atoms with Crippen molar-refractivity contribution >= 4 is 34.0 Å². The second kappa shape index (κ2) is 16.3. The monoisotopic (exact) mass is 584 g/mol. The number of hydrogen-bond donors (Lipinski definition) is 0. The maximum Gasteiger partial charge on any atom is 0.256 e. The summed E-state index contributed by atoms with van der Waals surface area (Å²) in [6.45, 7) is 19.6. The molecule has 1 atom stereocenters. The van der Waals surface area contributed by atoms with Gasteiger partial charge in [-0.15, -0.1) is 10.2 Å². The molecule has 2 amide bonds. The van der Waals surface area contributed by atoms with Crippen LogP contribution in [-0.4, -0.2) is 70.5 Å². The minimum atomic E-state index is -0.235. The summed E-state index contributed by atoms with van der Waals surface area (Å²) in [6, 6.07) is 11.4. The average molecular weight is 585 g/mol. The minimum absolute atomic E-state index is 0.0620. The zero-order valence-electron chi connectivity index (χ0n) is 26.3. The maximum absolute atomic E-state index is 11.2. The summed E-state index contributed by atoms with van der Waals surface area (Å²) in [4.78, 5) is 45.1. The lowest BCUT2D eigenvalue weighted by atomic mass is 10.1. The van der Waals surface area contributed by atoms with Crippen LogP contribution in [0.5, 0.6) is 0 Å². The molecule has 1 aliphatic heterocycles. The number of carbonyl (C=O) groups excluding carboxylic acids is 2. The first-order valence-corrected chi connectivity index (χ1v) is 14.1. The molecule has 5 rings (SSSR count). The number of para-hydroxylation sites is 1. The summed E-state index contributed by atoms with van der Waals surface area (Å²) in [5, 5.41) is 16.4. The largest absolute Gasteiger partial charge is 0.392 e. The molecular weight excluding hydrogens is 540 g/mol. The van der Waals surface area contributed by atoms with Crippen molar-refractivity contribution in [2.24, 2.45) is 11.8 Å². The van der Waals surface area contributed by atoms with Gasteiger partial charge in [0.2, 0.25) is 5.65 Å². The van der Waals surface area contributed by atoms with Crippen molar-refractivity contribution in [2.45, 2.75) is 94.0 Å². The molecular formula is C29H44N8O5. The van der Waals surface area contributed by atoms with E-state index in [2.05, 4.69) is 46.4 Å². The summed E-state index contributed by atoms with van der Waals surface area (Å²) in [6.07, 6.45) is 1.98. The Kier molecular flexibility index (Phi) is 13.3. The lowest BCUT2D eigenvalue weighted by molar-refractivity contribution is -0.199. The molecule has 4 aromatic rings. The molecule has 4 heterocycles. The van der Waals surface area contributed by atoms with Gasteiger partial charge in [0.15, 0.2) is 0 Å². The van der Waals surface area contributed by atoms with E-state index in [1.165, 1.54) is 9.69 Å². The molecule has 13 nitrogen and oxygen atoms in total. The molecule has 1 saturated heterocycles. The fourth-order valence-corrected chi connectivity index (χ4v) is 3.22. The van der Waals surface area contributed by atoms with Gasteiger partial charge in [-0.3, -0.25) is 14.4 Å². The van der Waals surface area contributed by atoms with Gasteiger partial charge in [-0.05, 0) is 82.2 Å². The van der Waals surface area contributed by atoms with Crippen LogP contribution in [0.1, 0.15) is 75.7 Å². The van der Waals surface area contributed by atoms with Crippen LogP contribution in [-0.2, 0) is 14.4 Å². The highest BCUT2D eigenvalue weighted by molar-refractivity contribution is 6.02. The first-order chi connectivity index (χ1) is 19.8. The molecule has 3 aromatic heterocycles. The van der Waals surface area contributed by atoms with Crippen molar-refractivity contribution in [3.05, 3.63) is 42.6 Å². The van der Waals surface area contributed by atoms with Crippen molar-refractivity contribution in [1.82, 2.24) is 40.4 Å². The van der Waals surface area contributed by atoms with Crippen molar-refractivity contribution in [3.8, 4) is 0 Å². The van der Waals surface area contributed by atoms with Gasteiger partial charge >= 0.3 is 0 Å². The molecule has 1 aromatic carbocycles. The third-order valence-corrected chi connectivity index (χ3v) is 4.77. The molecule has 0 radical (unpaired) electrons. The Hall–Kier alpha value is -4.13. The highest BCUT2D eigenvalue weighted by atomic mass is 16.7. The molecule has 0 saturated carbocycles. The van der Waals surface area contributed by atoms with Gasteiger partial charge in [0.1, 0.15) is 28.8 Å². The topological polar surface area (TPSA) is 139 Å². The Morgan fingerprint density at radius 1 is 0.738 bits per heavy atom. The van der Waals surface area contributed by atoms with E-state index in [-0.39, 0.29) is 42.5 Å². The van der Waals surface area contributed by atoms with Gasteiger partial charge in [-0.1, -0.05) is 49.5 Å². The van der Waals surface area contributed by atoms with Crippen LogP contribution < -0.4 is 9.68 Å². The zero-order chi connectivity index (χ0) is 31.4. The molecule has 1 aliphatic rings. The lowest BCUT2D eigenvalue weighted by Gasteiger charge is -2.16. The third-order valence-electron chi connectivity index (χ3n) is 4.77. The number of imide groups is 1. The molecule has 1 unspecified atom stereocenters. The summed E-state index contributed by atoms with van der Waals surface area (Å²) in [5.74, 6) is 0.145. The molecule has 0 bridgehead atoms. The molecule has 1 fully saturated rings. The van der Waals surface area contributed by atoms with Gasteiger partial charge in [-0.25, -0.2) is 4.98 Å². The first kappa shape index (κ1) is 34.1. The summed E-state index contributed by atoms with van der Waals surface area (Å²) in [7, 11) is 0. The molecule has 0 aliphatic carbocycles. The Labute approximate surface area is 247 Å². The predicted octanol–water partition coefficient (Wildman–Crippen LogP) is 4.32. The molecule has 230 valence electrons. The van der Waals surface area contributed by atoms with E-state index in [9.17, 15) is 9.59 Å². The highest BCUT2D eigenvalue weighted by Crippen LogP contribution is 2.19.